The maximum atomic E-state index is 13.8. The van der Waals surface area contributed by atoms with Crippen LogP contribution in [0.15, 0.2) is 24.3 Å². The standard InChI is InChI=1S/C24H34N2O.ClH/c1-17-3-5-20(6-4-17)23-10-18-9-19(11-23)13-24(12-18,14-23)21(27)26-8-7-22(2,15-25)16-26;/h3-6,18-19H,7-16,25H2,1-2H3;1H. The summed E-state index contributed by atoms with van der Waals surface area (Å²) in [7, 11) is 0. The third-order valence-electron chi connectivity index (χ3n) is 8.52. The summed E-state index contributed by atoms with van der Waals surface area (Å²) < 4.78 is 0. The monoisotopic (exact) mass is 402 g/mol. The van der Waals surface area contributed by atoms with Crippen LogP contribution >= 0.6 is 12.4 Å². The summed E-state index contributed by atoms with van der Waals surface area (Å²) in [5, 5.41) is 0. The van der Waals surface area contributed by atoms with Crippen LogP contribution in [-0.4, -0.2) is 30.4 Å². The highest BCUT2D eigenvalue weighted by molar-refractivity contribution is 5.85. The second kappa shape index (κ2) is 6.74. The average molecular weight is 403 g/mol. The molecule has 3 atom stereocenters. The summed E-state index contributed by atoms with van der Waals surface area (Å²) in [6.07, 6.45) is 8.33. The third-order valence-corrected chi connectivity index (χ3v) is 8.52. The molecule has 5 fully saturated rings. The third kappa shape index (κ3) is 3.01. The Bertz CT molecular complexity index is 746. The fraction of sp³-hybridized carbons (Fsp3) is 0.708. The molecule has 4 bridgehead atoms. The molecule has 1 aromatic rings. The Labute approximate surface area is 175 Å². The molecule has 5 aliphatic rings. The molecular formula is C24H35ClN2O. The van der Waals surface area contributed by atoms with Crippen molar-refractivity contribution in [3.8, 4) is 0 Å². The zero-order valence-corrected chi connectivity index (χ0v) is 18.2. The molecule has 1 amide bonds. The lowest BCUT2D eigenvalue weighted by molar-refractivity contribution is -0.159. The zero-order valence-electron chi connectivity index (χ0n) is 17.4. The molecule has 4 aliphatic carbocycles. The highest BCUT2D eigenvalue weighted by Gasteiger charge is 2.62. The van der Waals surface area contributed by atoms with Gasteiger partial charge < -0.3 is 10.6 Å². The van der Waals surface area contributed by atoms with Crippen molar-refractivity contribution in [3.05, 3.63) is 35.4 Å². The van der Waals surface area contributed by atoms with Gasteiger partial charge in [-0.3, -0.25) is 4.79 Å². The number of benzene rings is 1. The first-order chi connectivity index (χ1) is 12.9. The Hall–Kier alpha value is -1.06. The molecule has 154 valence electrons. The topological polar surface area (TPSA) is 46.3 Å². The largest absolute Gasteiger partial charge is 0.342 e. The summed E-state index contributed by atoms with van der Waals surface area (Å²) in [6.45, 7) is 6.85. The fourth-order valence-corrected chi connectivity index (χ4v) is 7.46. The van der Waals surface area contributed by atoms with Crippen molar-refractivity contribution in [3.63, 3.8) is 0 Å². The fourth-order valence-electron chi connectivity index (χ4n) is 7.46. The van der Waals surface area contributed by atoms with Crippen LogP contribution in [0.25, 0.3) is 0 Å². The van der Waals surface area contributed by atoms with E-state index in [1.807, 2.05) is 0 Å². The van der Waals surface area contributed by atoms with Crippen molar-refractivity contribution in [2.45, 2.75) is 64.2 Å². The van der Waals surface area contributed by atoms with Crippen LogP contribution in [0.3, 0.4) is 0 Å². The molecule has 0 aromatic heterocycles. The van der Waals surface area contributed by atoms with Crippen molar-refractivity contribution in [2.24, 2.45) is 28.4 Å². The van der Waals surface area contributed by atoms with Gasteiger partial charge in [0.2, 0.25) is 5.91 Å². The summed E-state index contributed by atoms with van der Waals surface area (Å²) in [6, 6.07) is 9.22. The first-order valence-electron chi connectivity index (χ1n) is 10.9. The predicted molar refractivity (Wildman–Crippen MR) is 116 cm³/mol. The van der Waals surface area contributed by atoms with Gasteiger partial charge >= 0.3 is 0 Å². The van der Waals surface area contributed by atoms with Gasteiger partial charge in [0.1, 0.15) is 0 Å². The molecule has 0 radical (unpaired) electrons. The number of carbonyl (C=O) groups is 1. The molecule has 2 N–H and O–H groups in total. The minimum Gasteiger partial charge on any atom is -0.342 e. The van der Waals surface area contributed by atoms with E-state index in [1.54, 1.807) is 0 Å². The number of aryl methyl sites for hydroxylation is 1. The second-order valence-electron chi connectivity index (χ2n) is 10.9. The van der Waals surface area contributed by atoms with Crippen LogP contribution in [0.1, 0.15) is 63.0 Å². The molecule has 0 spiro atoms. The Morgan fingerprint density at radius 1 is 1.14 bits per heavy atom. The number of nitrogens with zero attached hydrogens (tertiary/aromatic N) is 1. The van der Waals surface area contributed by atoms with E-state index in [2.05, 4.69) is 43.0 Å². The molecule has 1 aliphatic heterocycles. The Kier molecular flexibility index (Phi) is 4.87. The molecule has 1 heterocycles. The van der Waals surface area contributed by atoms with E-state index < -0.39 is 0 Å². The van der Waals surface area contributed by atoms with Crippen LogP contribution in [0.5, 0.6) is 0 Å². The van der Waals surface area contributed by atoms with E-state index in [1.165, 1.54) is 30.4 Å². The number of hydrogen-bond acceptors (Lipinski definition) is 2. The molecule has 28 heavy (non-hydrogen) atoms. The molecule has 3 nitrogen and oxygen atoms in total. The number of nitrogens with two attached hydrogens (primary N) is 1. The van der Waals surface area contributed by atoms with E-state index in [-0.39, 0.29) is 28.7 Å². The van der Waals surface area contributed by atoms with Crippen molar-refractivity contribution in [2.75, 3.05) is 19.6 Å². The highest BCUT2D eigenvalue weighted by Crippen LogP contribution is 2.66. The number of carbonyl (C=O) groups excluding carboxylic acids is 1. The van der Waals surface area contributed by atoms with Crippen molar-refractivity contribution >= 4 is 18.3 Å². The van der Waals surface area contributed by atoms with Gasteiger partial charge in [0.05, 0.1) is 5.41 Å². The van der Waals surface area contributed by atoms with Gasteiger partial charge in [0.15, 0.2) is 0 Å². The van der Waals surface area contributed by atoms with Gasteiger partial charge in [0.25, 0.3) is 0 Å². The molecule has 1 saturated heterocycles. The molecular weight excluding hydrogens is 368 g/mol. The minimum absolute atomic E-state index is 0. The first kappa shape index (κ1) is 20.2. The maximum Gasteiger partial charge on any atom is 0.228 e. The van der Waals surface area contributed by atoms with E-state index >= 15 is 0 Å². The predicted octanol–water partition coefficient (Wildman–Crippen LogP) is 4.45. The molecule has 3 unspecified atom stereocenters. The van der Waals surface area contributed by atoms with Gasteiger partial charge in [-0.25, -0.2) is 0 Å². The zero-order chi connectivity index (χ0) is 18.9. The first-order valence-corrected chi connectivity index (χ1v) is 10.9. The highest BCUT2D eigenvalue weighted by atomic mass is 35.5. The van der Waals surface area contributed by atoms with Gasteiger partial charge in [-0.05, 0) is 86.6 Å². The van der Waals surface area contributed by atoms with Crippen LogP contribution in [0.4, 0.5) is 0 Å². The van der Waals surface area contributed by atoms with Gasteiger partial charge in [-0.2, -0.15) is 0 Å². The van der Waals surface area contributed by atoms with Crippen LogP contribution in [0, 0.1) is 29.6 Å². The van der Waals surface area contributed by atoms with Crippen LogP contribution < -0.4 is 5.73 Å². The Balaban J connectivity index is 0.00000192. The average Bonchev–Trinajstić information content (AvgIpc) is 3.03. The van der Waals surface area contributed by atoms with E-state index in [9.17, 15) is 4.79 Å². The lowest BCUT2D eigenvalue weighted by atomic mass is 9.42. The summed E-state index contributed by atoms with van der Waals surface area (Å²) in [5.74, 6) is 1.94. The molecule has 4 heteroatoms. The van der Waals surface area contributed by atoms with Crippen molar-refractivity contribution < 1.29 is 4.79 Å². The minimum atomic E-state index is -0.102. The summed E-state index contributed by atoms with van der Waals surface area (Å²) in [5.41, 5.74) is 9.08. The van der Waals surface area contributed by atoms with E-state index in [0.29, 0.717) is 12.5 Å². The number of amides is 1. The van der Waals surface area contributed by atoms with Gasteiger partial charge in [-0.15, -0.1) is 12.4 Å². The number of likely N-dealkylation sites (tertiary alicyclic amines) is 1. The van der Waals surface area contributed by atoms with Gasteiger partial charge in [-0.1, -0.05) is 36.8 Å². The smallest absolute Gasteiger partial charge is 0.228 e. The van der Waals surface area contributed by atoms with Crippen LogP contribution in [-0.2, 0) is 10.2 Å². The number of hydrogen-bond donors (Lipinski definition) is 1. The van der Waals surface area contributed by atoms with Crippen LogP contribution in [0.2, 0.25) is 0 Å². The second-order valence-corrected chi connectivity index (χ2v) is 10.9. The quantitative estimate of drug-likeness (QED) is 0.811. The lowest BCUT2D eigenvalue weighted by Crippen LogP contribution is -2.59. The number of rotatable bonds is 3. The summed E-state index contributed by atoms with van der Waals surface area (Å²) >= 11 is 0. The molecule has 1 aromatic carbocycles. The molecule has 6 rings (SSSR count). The lowest BCUT2D eigenvalue weighted by Gasteiger charge is -2.62. The molecule has 4 saturated carbocycles. The van der Waals surface area contributed by atoms with E-state index in [0.717, 1.165) is 50.6 Å². The normalized spacial score (nSPS) is 41.2. The SMILES string of the molecule is Cc1ccc(C23CC4CC(CC(C(=O)N5CCC(C)(CN)C5)(C4)C2)C3)cc1.Cl. The Morgan fingerprint density at radius 2 is 1.79 bits per heavy atom. The van der Waals surface area contributed by atoms with Gasteiger partial charge in [0, 0.05) is 13.1 Å². The van der Waals surface area contributed by atoms with Crippen molar-refractivity contribution in [1.82, 2.24) is 4.90 Å². The van der Waals surface area contributed by atoms with Crippen molar-refractivity contribution in [1.29, 1.82) is 0 Å². The maximum absolute atomic E-state index is 13.8. The summed E-state index contributed by atoms with van der Waals surface area (Å²) in [4.78, 5) is 16.0. The van der Waals surface area contributed by atoms with E-state index in [4.69, 9.17) is 5.73 Å². The Morgan fingerprint density at radius 3 is 2.36 bits per heavy atom. The number of halogens is 1.